The molecular formula is C15H18BrF2N. The first kappa shape index (κ1) is 13.5. The minimum Gasteiger partial charge on any atom is -0.324 e. The third-order valence-corrected chi connectivity index (χ3v) is 5.71. The number of benzene rings is 1. The third kappa shape index (κ3) is 2.45. The molecular weight excluding hydrogens is 312 g/mol. The third-order valence-electron chi connectivity index (χ3n) is 4.91. The molecule has 0 spiro atoms. The molecule has 0 amide bonds. The largest absolute Gasteiger partial charge is 0.324 e. The van der Waals surface area contributed by atoms with Gasteiger partial charge in [-0.3, -0.25) is 0 Å². The van der Waals surface area contributed by atoms with Crippen LogP contribution in [0.1, 0.15) is 43.7 Å². The molecule has 0 radical (unpaired) electrons. The van der Waals surface area contributed by atoms with Crippen LogP contribution in [0.4, 0.5) is 8.78 Å². The molecule has 4 atom stereocenters. The Morgan fingerprint density at radius 3 is 2.68 bits per heavy atom. The summed E-state index contributed by atoms with van der Waals surface area (Å²) in [6.07, 6.45) is 6.17. The van der Waals surface area contributed by atoms with E-state index < -0.39 is 11.6 Å². The van der Waals surface area contributed by atoms with Crippen molar-refractivity contribution in [1.82, 2.24) is 0 Å². The van der Waals surface area contributed by atoms with E-state index in [1.807, 2.05) is 0 Å². The normalized spacial score (nSPS) is 30.8. The fraction of sp³-hybridized carbons (Fsp3) is 0.600. The van der Waals surface area contributed by atoms with Gasteiger partial charge in [0.25, 0.3) is 0 Å². The van der Waals surface area contributed by atoms with Gasteiger partial charge in [-0.2, -0.15) is 0 Å². The van der Waals surface area contributed by atoms with Gasteiger partial charge >= 0.3 is 0 Å². The molecule has 2 aliphatic rings. The van der Waals surface area contributed by atoms with E-state index in [-0.39, 0.29) is 10.5 Å². The Morgan fingerprint density at radius 2 is 2.05 bits per heavy atom. The zero-order chi connectivity index (χ0) is 13.6. The molecule has 1 nitrogen and oxygen atoms in total. The summed E-state index contributed by atoms with van der Waals surface area (Å²) in [5, 5.41) is 0. The summed E-state index contributed by atoms with van der Waals surface area (Å²) in [6.45, 7) is 0. The lowest BCUT2D eigenvalue weighted by molar-refractivity contribution is 0.295. The Hall–Kier alpha value is -0.480. The minimum atomic E-state index is -0.833. The second-order valence-corrected chi connectivity index (χ2v) is 6.83. The van der Waals surface area contributed by atoms with Crippen LogP contribution in [0.5, 0.6) is 0 Å². The van der Waals surface area contributed by atoms with E-state index in [9.17, 15) is 8.78 Å². The fourth-order valence-corrected chi connectivity index (χ4v) is 4.56. The predicted molar refractivity (Wildman–Crippen MR) is 74.5 cm³/mol. The summed E-state index contributed by atoms with van der Waals surface area (Å²) >= 11 is 3.13. The number of rotatable bonds is 3. The average molecular weight is 330 g/mol. The summed E-state index contributed by atoms with van der Waals surface area (Å²) in [4.78, 5) is 0. The molecule has 2 saturated carbocycles. The molecule has 2 bridgehead atoms. The second kappa shape index (κ2) is 5.13. The Bertz CT molecular complexity index is 491. The average Bonchev–Trinajstić information content (AvgIpc) is 2.98. The van der Waals surface area contributed by atoms with Crippen LogP contribution in [0.3, 0.4) is 0 Å². The van der Waals surface area contributed by atoms with Crippen molar-refractivity contribution < 1.29 is 8.78 Å². The number of halogens is 3. The second-order valence-electron chi connectivity index (χ2n) is 6.04. The Balaban J connectivity index is 1.74. The highest BCUT2D eigenvalue weighted by molar-refractivity contribution is 9.10. The molecule has 2 fully saturated rings. The minimum absolute atomic E-state index is 0.183. The first-order valence-corrected chi connectivity index (χ1v) is 7.74. The highest BCUT2D eigenvalue weighted by Crippen LogP contribution is 2.51. The first-order valence-electron chi connectivity index (χ1n) is 6.95. The summed E-state index contributed by atoms with van der Waals surface area (Å²) in [5.74, 6) is 0.688. The van der Waals surface area contributed by atoms with Crippen molar-refractivity contribution in [3.8, 4) is 0 Å². The zero-order valence-corrected chi connectivity index (χ0v) is 12.3. The fourth-order valence-electron chi connectivity index (χ4n) is 3.95. The maximum atomic E-state index is 13.5. The van der Waals surface area contributed by atoms with Gasteiger partial charge in [0.05, 0.1) is 4.47 Å². The number of nitrogens with two attached hydrogens (primary N) is 1. The summed E-state index contributed by atoms with van der Waals surface area (Å²) in [6, 6.07) is 2.55. The van der Waals surface area contributed by atoms with Crippen LogP contribution in [0, 0.1) is 29.4 Å². The van der Waals surface area contributed by atoms with Gasteiger partial charge in [0.1, 0.15) is 0 Å². The van der Waals surface area contributed by atoms with Crippen LogP contribution in [0.15, 0.2) is 16.6 Å². The molecule has 1 aromatic carbocycles. The molecule has 0 aromatic heterocycles. The lowest BCUT2D eigenvalue weighted by Gasteiger charge is -2.25. The van der Waals surface area contributed by atoms with Crippen LogP contribution >= 0.6 is 15.9 Å². The van der Waals surface area contributed by atoms with Crippen molar-refractivity contribution in [3.05, 3.63) is 33.8 Å². The van der Waals surface area contributed by atoms with E-state index in [0.717, 1.165) is 24.3 Å². The predicted octanol–water partition coefficient (Wildman–Crippen LogP) is 4.55. The van der Waals surface area contributed by atoms with Gasteiger partial charge in [0.2, 0.25) is 0 Å². The van der Waals surface area contributed by atoms with Gasteiger partial charge in [-0.15, -0.1) is 0 Å². The van der Waals surface area contributed by atoms with Crippen molar-refractivity contribution in [1.29, 1.82) is 0 Å². The van der Waals surface area contributed by atoms with E-state index in [0.29, 0.717) is 11.5 Å². The summed E-state index contributed by atoms with van der Waals surface area (Å²) in [7, 11) is 0. The maximum Gasteiger partial charge on any atom is 0.173 e. The molecule has 104 valence electrons. The topological polar surface area (TPSA) is 26.0 Å². The molecule has 0 heterocycles. The van der Waals surface area contributed by atoms with Crippen molar-refractivity contribution in [2.24, 2.45) is 23.5 Å². The summed E-state index contributed by atoms with van der Waals surface area (Å²) < 4.78 is 26.8. The molecule has 2 aliphatic carbocycles. The molecule has 2 N–H and O–H groups in total. The van der Waals surface area contributed by atoms with Gasteiger partial charge in [-0.1, -0.05) is 12.5 Å². The van der Waals surface area contributed by atoms with Crippen LogP contribution in [-0.4, -0.2) is 0 Å². The summed E-state index contributed by atoms with van der Waals surface area (Å²) in [5.41, 5.74) is 6.89. The molecule has 4 unspecified atom stereocenters. The van der Waals surface area contributed by atoms with Gasteiger partial charge < -0.3 is 5.73 Å². The van der Waals surface area contributed by atoms with Gasteiger partial charge in [-0.25, -0.2) is 8.78 Å². The maximum absolute atomic E-state index is 13.5. The standard InChI is InChI=1S/C15H18BrF2N/c16-14-11(3-4-12(17)15(14)18)13(19)7-10-6-8-1-2-9(10)5-8/h3-4,8-10,13H,1-2,5-7,19H2. The van der Waals surface area contributed by atoms with Crippen LogP contribution in [-0.2, 0) is 0 Å². The quantitative estimate of drug-likeness (QED) is 0.808. The van der Waals surface area contributed by atoms with E-state index in [1.165, 1.54) is 25.7 Å². The molecule has 3 rings (SSSR count). The Labute approximate surface area is 120 Å². The van der Waals surface area contributed by atoms with Crippen molar-refractivity contribution in [2.75, 3.05) is 0 Å². The Kier molecular flexibility index (Phi) is 3.65. The van der Waals surface area contributed by atoms with E-state index in [1.54, 1.807) is 6.07 Å². The van der Waals surface area contributed by atoms with Crippen molar-refractivity contribution in [2.45, 2.75) is 38.1 Å². The van der Waals surface area contributed by atoms with Crippen molar-refractivity contribution >= 4 is 15.9 Å². The van der Waals surface area contributed by atoms with E-state index in [2.05, 4.69) is 15.9 Å². The van der Waals surface area contributed by atoms with E-state index in [4.69, 9.17) is 5.73 Å². The molecule has 1 aromatic rings. The number of hydrogen-bond acceptors (Lipinski definition) is 1. The molecule has 19 heavy (non-hydrogen) atoms. The highest BCUT2D eigenvalue weighted by Gasteiger charge is 2.40. The molecule has 0 saturated heterocycles. The smallest absolute Gasteiger partial charge is 0.173 e. The zero-order valence-electron chi connectivity index (χ0n) is 10.7. The monoisotopic (exact) mass is 329 g/mol. The highest BCUT2D eigenvalue weighted by atomic mass is 79.9. The van der Waals surface area contributed by atoms with Crippen LogP contribution < -0.4 is 5.73 Å². The molecule has 0 aliphatic heterocycles. The van der Waals surface area contributed by atoms with Gasteiger partial charge in [-0.05, 0) is 71.0 Å². The van der Waals surface area contributed by atoms with Gasteiger partial charge in [0, 0.05) is 6.04 Å². The lowest BCUT2D eigenvalue weighted by Crippen LogP contribution is -2.20. The Morgan fingerprint density at radius 1 is 1.26 bits per heavy atom. The number of hydrogen-bond donors (Lipinski definition) is 1. The number of fused-ring (bicyclic) bond motifs is 2. The van der Waals surface area contributed by atoms with Crippen LogP contribution in [0.2, 0.25) is 0 Å². The first-order chi connectivity index (χ1) is 9.06. The molecule has 4 heteroatoms. The van der Waals surface area contributed by atoms with E-state index >= 15 is 0 Å². The van der Waals surface area contributed by atoms with Crippen molar-refractivity contribution in [3.63, 3.8) is 0 Å². The lowest BCUT2D eigenvalue weighted by atomic mass is 9.83. The van der Waals surface area contributed by atoms with Crippen LogP contribution in [0.25, 0.3) is 0 Å². The SMILES string of the molecule is NC(CC1CC2CCC1C2)c1ccc(F)c(F)c1Br. The van der Waals surface area contributed by atoms with Gasteiger partial charge in [0.15, 0.2) is 11.6 Å².